The van der Waals surface area contributed by atoms with Crippen molar-refractivity contribution in [2.24, 2.45) is 0 Å². The van der Waals surface area contributed by atoms with Gasteiger partial charge in [0.25, 0.3) is 0 Å². The zero-order valence-electron chi connectivity index (χ0n) is 9.04. The topological polar surface area (TPSA) is 3.24 Å². The van der Waals surface area contributed by atoms with E-state index in [-0.39, 0.29) is 5.41 Å². The fourth-order valence-corrected chi connectivity index (χ4v) is 2.40. The summed E-state index contributed by atoms with van der Waals surface area (Å²) in [5.41, 5.74) is 4.62. The molecule has 1 nitrogen and oxygen atoms in total. The predicted molar refractivity (Wildman–Crippen MR) is 63.4 cm³/mol. The molecule has 0 amide bonds. The summed E-state index contributed by atoms with van der Waals surface area (Å²) in [6.45, 7) is 8.76. The molecule has 0 saturated heterocycles. The van der Waals surface area contributed by atoms with Crippen molar-refractivity contribution in [3.8, 4) is 0 Å². The van der Waals surface area contributed by atoms with Gasteiger partial charge in [0.05, 0.1) is 0 Å². The van der Waals surface area contributed by atoms with Gasteiger partial charge in [0.1, 0.15) is 0 Å². The van der Waals surface area contributed by atoms with E-state index in [1.54, 1.807) is 0 Å². The van der Waals surface area contributed by atoms with Crippen molar-refractivity contribution in [1.29, 1.82) is 0 Å². The van der Waals surface area contributed by atoms with E-state index < -0.39 is 0 Å². The van der Waals surface area contributed by atoms with Crippen LogP contribution < -0.4 is 0 Å². The molecule has 14 heavy (non-hydrogen) atoms. The van der Waals surface area contributed by atoms with Crippen LogP contribution in [-0.2, 0) is 18.5 Å². The summed E-state index contributed by atoms with van der Waals surface area (Å²) in [4.78, 5) is 0. The fraction of sp³-hybridized carbons (Fsp3) is 0.500. The lowest BCUT2D eigenvalue weighted by Gasteiger charge is -2.22. The lowest BCUT2D eigenvalue weighted by Crippen LogP contribution is -2.14. The van der Waals surface area contributed by atoms with Crippen molar-refractivity contribution in [3.05, 3.63) is 34.9 Å². The monoisotopic (exact) mass is 207 g/mol. The van der Waals surface area contributed by atoms with Gasteiger partial charge in [-0.3, -0.25) is 0 Å². The molecule has 0 bridgehead atoms. The van der Waals surface area contributed by atoms with E-state index in [1.165, 1.54) is 16.7 Å². The molecule has 76 valence electrons. The normalized spacial score (nSPS) is 17.1. The second-order valence-corrected chi connectivity index (χ2v) is 5.58. The molecular formula is C12H17NS. The van der Waals surface area contributed by atoms with Crippen LogP contribution in [-0.4, -0.2) is 4.31 Å². The van der Waals surface area contributed by atoms with Crippen LogP contribution in [0.2, 0.25) is 0 Å². The van der Waals surface area contributed by atoms with Crippen molar-refractivity contribution in [2.45, 2.75) is 39.3 Å². The van der Waals surface area contributed by atoms with E-state index in [2.05, 4.69) is 56.1 Å². The smallest absolute Gasteiger partial charge is 0.0348 e. The minimum Gasteiger partial charge on any atom is -0.244 e. The second kappa shape index (κ2) is 3.28. The number of hydrogen-bond acceptors (Lipinski definition) is 2. The van der Waals surface area contributed by atoms with E-state index in [0.717, 1.165) is 13.1 Å². The van der Waals surface area contributed by atoms with Crippen LogP contribution in [0.3, 0.4) is 0 Å². The number of nitrogens with zero attached hydrogens (tertiary/aromatic N) is 1. The Morgan fingerprint density at radius 3 is 2.57 bits per heavy atom. The first kappa shape index (κ1) is 10.1. The first-order valence-corrected chi connectivity index (χ1v) is 5.43. The number of thiol groups is 1. The first-order valence-electron chi connectivity index (χ1n) is 5.03. The highest BCUT2D eigenvalue weighted by Crippen LogP contribution is 2.33. The van der Waals surface area contributed by atoms with Gasteiger partial charge in [-0.05, 0) is 22.1 Å². The van der Waals surface area contributed by atoms with Crippen LogP contribution in [0.25, 0.3) is 0 Å². The van der Waals surface area contributed by atoms with Gasteiger partial charge in [0.2, 0.25) is 0 Å². The highest BCUT2D eigenvalue weighted by Gasteiger charge is 2.24. The standard InChI is InChI=1S/C12H17NS/c1-12(2,3)11-6-4-5-9-7-13(14)8-10(9)11/h4-6,14H,7-8H2,1-3H3. The molecule has 0 aromatic heterocycles. The summed E-state index contributed by atoms with van der Waals surface area (Å²) in [6, 6.07) is 6.61. The minimum atomic E-state index is 0.240. The molecular weight excluding hydrogens is 190 g/mol. The Morgan fingerprint density at radius 1 is 1.21 bits per heavy atom. The molecule has 1 aromatic rings. The Balaban J connectivity index is 2.50. The van der Waals surface area contributed by atoms with Crippen molar-refractivity contribution < 1.29 is 0 Å². The third-order valence-electron chi connectivity index (χ3n) is 2.77. The maximum atomic E-state index is 4.41. The molecule has 1 heterocycles. The van der Waals surface area contributed by atoms with E-state index in [9.17, 15) is 0 Å². The van der Waals surface area contributed by atoms with Crippen LogP contribution in [0.1, 0.15) is 37.5 Å². The largest absolute Gasteiger partial charge is 0.244 e. The van der Waals surface area contributed by atoms with Crippen molar-refractivity contribution >= 4 is 12.8 Å². The molecule has 0 radical (unpaired) electrons. The maximum absolute atomic E-state index is 4.41. The quantitative estimate of drug-likeness (QED) is 0.640. The molecule has 2 heteroatoms. The number of benzene rings is 1. The van der Waals surface area contributed by atoms with Crippen molar-refractivity contribution in [3.63, 3.8) is 0 Å². The van der Waals surface area contributed by atoms with Gasteiger partial charge in [0, 0.05) is 13.1 Å². The summed E-state index contributed by atoms with van der Waals surface area (Å²) in [5.74, 6) is 0. The maximum Gasteiger partial charge on any atom is 0.0348 e. The predicted octanol–water partition coefficient (Wildman–Crippen LogP) is 3.14. The fourth-order valence-electron chi connectivity index (χ4n) is 2.11. The van der Waals surface area contributed by atoms with E-state index >= 15 is 0 Å². The Labute approximate surface area is 91.7 Å². The molecule has 1 aromatic carbocycles. The molecule has 0 unspecified atom stereocenters. The molecule has 0 N–H and O–H groups in total. The van der Waals surface area contributed by atoms with Crippen LogP contribution in [0, 0.1) is 0 Å². The summed E-state index contributed by atoms with van der Waals surface area (Å²) in [5, 5.41) is 0. The average molecular weight is 207 g/mol. The number of fused-ring (bicyclic) bond motifs is 1. The summed E-state index contributed by atoms with van der Waals surface area (Å²) < 4.78 is 2.07. The Kier molecular flexibility index (Phi) is 2.36. The van der Waals surface area contributed by atoms with Crippen LogP contribution in [0.15, 0.2) is 18.2 Å². The van der Waals surface area contributed by atoms with Crippen LogP contribution in [0.5, 0.6) is 0 Å². The van der Waals surface area contributed by atoms with Crippen LogP contribution in [0.4, 0.5) is 0 Å². The first-order chi connectivity index (χ1) is 6.48. The van der Waals surface area contributed by atoms with Gasteiger partial charge in [-0.1, -0.05) is 51.8 Å². The van der Waals surface area contributed by atoms with Crippen molar-refractivity contribution in [1.82, 2.24) is 4.31 Å². The summed E-state index contributed by atoms with van der Waals surface area (Å²) >= 11 is 4.41. The van der Waals surface area contributed by atoms with Gasteiger partial charge < -0.3 is 0 Å². The summed E-state index contributed by atoms with van der Waals surface area (Å²) in [7, 11) is 0. The third-order valence-corrected chi connectivity index (χ3v) is 3.06. The third kappa shape index (κ3) is 1.69. The number of hydrogen-bond donors (Lipinski definition) is 1. The van der Waals surface area contributed by atoms with Gasteiger partial charge in [-0.25, -0.2) is 4.31 Å². The van der Waals surface area contributed by atoms with Gasteiger partial charge in [-0.2, -0.15) is 0 Å². The van der Waals surface area contributed by atoms with Gasteiger partial charge in [0.15, 0.2) is 0 Å². The number of rotatable bonds is 0. The molecule has 0 fully saturated rings. The minimum absolute atomic E-state index is 0.240. The molecule has 0 saturated carbocycles. The Hall–Kier alpha value is -0.470. The Morgan fingerprint density at radius 2 is 1.93 bits per heavy atom. The van der Waals surface area contributed by atoms with E-state index in [4.69, 9.17) is 0 Å². The van der Waals surface area contributed by atoms with Gasteiger partial charge >= 0.3 is 0 Å². The van der Waals surface area contributed by atoms with E-state index in [0.29, 0.717) is 0 Å². The van der Waals surface area contributed by atoms with Crippen molar-refractivity contribution in [2.75, 3.05) is 0 Å². The molecule has 0 spiro atoms. The average Bonchev–Trinajstić information content (AvgIpc) is 2.41. The zero-order valence-corrected chi connectivity index (χ0v) is 9.94. The molecule has 0 atom stereocenters. The summed E-state index contributed by atoms with van der Waals surface area (Å²) in [6.07, 6.45) is 0. The lowest BCUT2D eigenvalue weighted by molar-refractivity contribution is 0.508. The second-order valence-electron chi connectivity index (χ2n) is 5.02. The van der Waals surface area contributed by atoms with Gasteiger partial charge in [-0.15, -0.1) is 0 Å². The lowest BCUT2D eigenvalue weighted by atomic mass is 9.83. The van der Waals surface area contributed by atoms with E-state index in [1.807, 2.05) is 0 Å². The Bertz CT molecular complexity index is 352. The zero-order chi connectivity index (χ0) is 10.3. The van der Waals surface area contributed by atoms with Crippen LogP contribution >= 0.6 is 12.8 Å². The SMILES string of the molecule is CC(C)(C)c1cccc2c1CN(S)C2. The molecule has 1 aliphatic heterocycles. The highest BCUT2D eigenvalue weighted by molar-refractivity contribution is 7.77. The highest BCUT2D eigenvalue weighted by atomic mass is 32.1. The molecule has 2 rings (SSSR count). The molecule has 1 aliphatic rings. The molecule has 0 aliphatic carbocycles.